The van der Waals surface area contributed by atoms with Crippen LogP contribution in [0.25, 0.3) is 0 Å². The lowest BCUT2D eigenvalue weighted by molar-refractivity contribution is -0.122. The molecule has 0 aliphatic carbocycles. The molecule has 7 nitrogen and oxygen atoms in total. The maximum Gasteiger partial charge on any atom is 0.244 e. The molecule has 2 aromatic rings. The van der Waals surface area contributed by atoms with Gasteiger partial charge >= 0.3 is 0 Å². The third kappa shape index (κ3) is 4.82. The Morgan fingerprint density at radius 1 is 1.07 bits per heavy atom. The van der Waals surface area contributed by atoms with E-state index in [1.54, 1.807) is 25.1 Å². The fourth-order valence-corrected chi connectivity index (χ4v) is 4.49. The smallest absolute Gasteiger partial charge is 0.244 e. The van der Waals surface area contributed by atoms with E-state index in [-0.39, 0.29) is 11.9 Å². The van der Waals surface area contributed by atoms with Crippen molar-refractivity contribution < 1.29 is 22.7 Å². The zero-order valence-corrected chi connectivity index (χ0v) is 17.8. The molecule has 0 spiro atoms. The minimum atomic E-state index is -3.66. The van der Waals surface area contributed by atoms with Gasteiger partial charge in [0.05, 0.1) is 18.0 Å². The van der Waals surface area contributed by atoms with Gasteiger partial charge in [0.1, 0.15) is 19.3 Å². The normalized spacial score (nSPS) is 15.3. The second-order valence-electron chi connectivity index (χ2n) is 7.21. The number of nitrogens with zero attached hydrogens (tertiary/aromatic N) is 1. The molecule has 1 heterocycles. The molecule has 0 unspecified atom stereocenters. The molecule has 8 heteroatoms. The summed E-state index contributed by atoms with van der Waals surface area (Å²) in [6.45, 7) is 6.28. The number of benzene rings is 2. The first-order valence-corrected chi connectivity index (χ1v) is 11.3. The highest BCUT2D eigenvalue weighted by Gasteiger charge is 2.30. The highest BCUT2D eigenvalue weighted by Crippen LogP contribution is 2.32. The third-order valence-corrected chi connectivity index (χ3v) is 6.01. The molecule has 0 fully saturated rings. The van der Waals surface area contributed by atoms with Crippen LogP contribution in [-0.4, -0.2) is 39.8 Å². The first-order valence-electron chi connectivity index (χ1n) is 9.43. The molecule has 1 amide bonds. The topological polar surface area (TPSA) is 84.9 Å². The number of carbonyl (C=O) groups is 1. The zero-order chi connectivity index (χ0) is 21.2. The Hall–Kier alpha value is -2.74. The van der Waals surface area contributed by atoms with Crippen molar-refractivity contribution in [1.82, 2.24) is 5.32 Å². The van der Waals surface area contributed by atoms with Gasteiger partial charge in [-0.15, -0.1) is 0 Å². The average Bonchev–Trinajstić information content (AvgIpc) is 2.66. The lowest BCUT2D eigenvalue weighted by atomic mass is 10.1. The molecule has 0 saturated heterocycles. The summed E-state index contributed by atoms with van der Waals surface area (Å²) in [7, 11) is -3.66. The van der Waals surface area contributed by atoms with E-state index in [9.17, 15) is 13.2 Å². The number of carbonyl (C=O) groups excluding carboxylic acids is 1. The average molecular weight is 419 g/mol. The summed E-state index contributed by atoms with van der Waals surface area (Å²) < 4.78 is 37.1. The van der Waals surface area contributed by atoms with E-state index < -0.39 is 16.1 Å². The first kappa shape index (κ1) is 21.0. The monoisotopic (exact) mass is 418 g/mol. The van der Waals surface area contributed by atoms with Crippen molar-refractivity contribution in [2.24, 2.45) is 0 Å². The summed E-state index contributed by atoms with van der Waals surface area (Å²) in [6, 6.07) is 11.3. The van der Waals surface area contributed by atoms with Crippen LogP contribution in [0.15, 0.2) is 42.5 Å². The second kappa shape index (κ2) is 8.32. The molecule has 1 aliphatic heterocycles. The van der Waals surface area contributed by atoms with Crippen molar-refractivity contribution in [3.8, 4) is 11.5 Å². The summed E-state index contributed by atoms with van der Waals surface area (Å²) in [6.07, 6.45) is 1.10. The van der Waals surface area contributed by atoms with E-state index in [4.69, 9.17) is 9.47 Å². The molecular weight excluding hydrogens is 392 g/mol. The van der Waals surface area contributed by atoms with E-state index >= 15 is 0 Å². The third-order valence-electron chi connectivity index (χ3n) is 4.77. The number of ether oxygens (including phenoxy) is 2. The highest BCUT2D eigenvalue weighted by atomic mass is 32.2. The van der Waals surface area contributed by atoms with Gasteiger partial charge in [-0.2, -0.15) is 0 Å². The number of aryl methyl sites for hydroxylation is 1. The van der Waals surface area contributed by atoms with Crippen molar-refractivity contribution in [1.29, 1.82) is 0 Å². The van der Waals surface area contributed by atoms with Crippen molar-refractivity contribution in [2.75, 3.05) is 23.8 Å². The van der Waals surface area contributed by atoms with Gasteiger partial charge in [-0.05, 0) is 56.2 Å². The van der Waals surface area contributed by atoms with Gasteiger partial charge in [0.25, 0.3) is 0 Å². The summed E-state index contributed by atoms with van der Waals surface area (Å²) in [5, 5.41) is 2.90. The standard InChI is InChI=1S/C21H26N2O5S/c1-14-6-5-7-18(12-14)23(29(4,25)26)16(3)21(24)22-15(2)17-8-9-19-20(13-17)28-11-10-27-19/h5-9,12-13,15-16H,10-11H2,1-4H3,(H,22,24)/t15-,16-/m1/s1. The quantitative estimate of drug-likeness (QED) is 0.780. The van der Waals surface area contributed by atoms with Gasteiger partial charge < -0.3 is 14.8 Å². The van der Waals surface area contributed by atoms with Crippen LogP contribution in [0.5, 0.6) is 11.5 Å². The Labute approximate surface area is 171 Å². The number of hydrogen-bond donors (Lipinski definition) is 1. The van der Waals surface area contributed by atoms with Crippen LogP contribution in [0.1, 0.15) is 31.0 Å². The number of rotatable bonds is 6. The molecule has 0 saturated carbocycles. The minimum Gasteiger partial charge on any atom is -0.486 e. The number of amides is 1. The van der Waals surface area contributed by atoms with Crippen LogP contribution >= 0.6 is 0 Å². The van der Waals surface area contributed by atoms with E-state index in [1.165, 1.54) is 0 Å². The predicted octanol–water partition coefficient (Wildman–Crippen LogP) is 2.80. The largest absolute Gasteiger partial charge is 0.486 e. The molecule has 3 rings (SSSR count). The van der Waals surface area contributed by atoms with Crippen molar-refractivity contribution in [2.45, 2.75) is 32.9 Å². The predicted molar refractivity (Wildman–Crippen MR) is 112 cm³/mol. The Morgan fingerprint density at radius 2 is 1.76 bits per heavy atom. The Morgan fingerprint density at radius 3 is 2.41 bits per heavy atom. The Balaban J connectivity index is 1.79. The molecule has 2 atom stereocenters. The summed E-state index contributed by atoms with van der Waals surface area (Å²) in [5.41, 5.74) is 2.21. The van der Waals surface area contributed by atoms with E-state index in [2.05, 4.69) is 5.32 Å². The van der Waals surface area contributed by atoms with Crippen molar-refractivity contribution >= 4 is 21.6 Å². The van der Waals surface area contributed by atoms with Gasteiger partial charge in [-0.1, -0.05) is 18.2 Å². The summed E-state index contributed by atoms with van der Waals surface area (Å²) in [4.78, 5) is 12.9. The van der Waals surface area contributed by atoms with Crippen LogP contribution in [0.4, 0.5) is 5.69 Å². The van der Waals surface area contributed by atoms with E-state index in [1.807, 2.05) is 38.1 Å². The molecule has 0 aromatic heterocycles. The lowest BCUT2D eigenvalue weighted by Crippen LogP contribution is -2.48. The number of hydrogen-bond acceptors (Lipinski definition) is 5. The van der Waals surface area contributed by atoms with Gasteiger partial charge in [0, 0.05) is 0 Å². The second-order valence-corrected chi connectivity index (χ2v) is 9.07. The van der Waals surface area contributed by atoms with E-state index in [0.29, 0.717) is 30.4 Å². The summed E-state index contributed by atoms with van der Waals surface area (Å²) >= 11 is 0. The number of sulfonamides is 1. The maximum absolute atomic E-state index is 12.9. The van der Waals surface area contributed by atoms with Crippen LogP contribution in [0.3, 0.4) is 0 Å². The number of nitrogens with one attached hydrogen (secondary N) is 1. The van der Waals surface area contributed by atoms with Gasteiger partial charge in [0.2, 0.25) is 15.9 Å². The number of fused-ring (bicyclic) bond motifs is 1. The van der Waals surface area contributed by atoms with Crippen molar-refractivity contribution in [3.05, 3.63) is 53.6 Å². The molecule has 2 aromatic carbocycles. The Bertz CT molecular complexity index is 1010. The zero-order valence-electron chi connectivity index (χ0n) is 17.0. The van der Waals surface area contributed by atoms with Crippen LogP contribution in [0, 0.1) is 6.92 Å². The molecule has 0 bridgehead atoms. The van der Waals surface area contributed by atoms with Crippen molar-refractivity contribution in [3.63, 3.8) is 0 Å². The first-order chi connectivity index (χ1) is 13.7. The molecular formula is C21H26N2O5S. The van der Waals surface area contributed by atoms with E-state index in [0.717, 1.165) is 21.7 Å². The molecule has 1 aliphatic rings. The molecule has 29 heavy (non-hydrogen) atoms. The fourth-order valence-electron chi connectivity index (χ4n) is 3.32. The number of anilines is 1. The van der Waals surface area contributed by atoms with Crippen LogP contribution in [-0.2, 0) is 14.8 Å². The van der Waals surface area contributed by atoms with Crippen LogP contribution < -0.4 is 19.1 Å². The van der Waals surface area contributed by atoms with Gasteiger partial charge in [0.15, 0.2) is 11.5 Å². The molecule has 1 N–H and O–H groups in total. The Kier molecular flexibility index (Phi) is 6.02. The maximum atomic E-state index is 12.9. The summed E-state index contributed by atoms with van der Waals surface area (Å²) in [5.74, 6) is 0.925. The van der Waals surface area contributed by atoms with Gasteiger partial charge in [-0.25, -0.2) is 8.42 Å². The van der Waals surface area contributed by atoms with Gasteiger partial charge in [-0.3, -0.25) is 9.10 Å². The highest BCUT2D eigenvalue weighted by molar-refractivity contribution is 7.92. The fraction of sp³-hybridized carbons (Fsp3) is 0.381. The minimum absolute atomic E-state index is 0.334. The molecule has 0 radical (unpaired) electrons. The lowest BCUT2D eigenvalue weighted by Gasteiger charge is -2.29. The van der Waals surface area contributed by atoms with Crippen LogP contribution in [0.2, 0.25) is 0 Å². The molecule has 156 valence electrons. The SMILES string of the molecule is Cc1cccc(N([C@H](C)C(=O)N[C@H](C)c2ccc3c(c2)OCCO3)S(C)(=O)=O)c1.